The van der Waals surface area contributed by atoms with Gasteiger partial charge in [-0.15, -0.1) is 0 Å². The number of aliphatic carboxylic acids is 1. The van der Waals surface area contributed by atoms with Crippen molar-refractivity contribution in [2.75, 3.05) is 6.61 Å². The van der Waals surface area contributed by atoms with Crippen molar-refractivity contribution in [3.63, 3.8) is 0 Å². The number of carboxylic acids is 1. The fraction of sp³-hybridized carbons (Fsp3) is 0.467. The summed E-state index contributed by atoms with van der Waals surface area (Å²) in [7, 11) is 0. The molecular formula is C15H19NO4. The second-order valence-electron chi connectivity index (χ2n) is 4.92. The molecule has 1 aromatic carbocycles. The summed E-state index contributed by atoms with van der Waals surface area (Å²) in [5.41, 5.74) is -0.828. The number of carbonyl (C=O) groups is 2. The fourth-order valence-corrected chi connectivity index (χ4v) is 2.49. The number of amides is 1. The van der Waals surface area contributed by atoms with E-state index >= 15 is 0 Å². The van der Waals surface area contributed by atoms with Crippen molar-refractivity contribution < 1.29 is 19.4 Å². The van der Waals surface area contributed by atoms with Crippen LogP contribution in [0.2, 0.25) is 0 Å². The molecule has 0 bridgehead atoms. The van der Waals surface area contributed by atoms with E-state index in [4.69, 9.17) is 4.74 Å². The van der Waals surface area contributed by atoms with E-state index in [0.29, 0.717) is 18.6 Å². The van der Waals surface area contributed by atoms with Gasteiger partial charge in [0.15, 0.2) is 5.54 Å². The van der Waals surface area contributed by atoms with Gasteiger partial charge in [-0.2, -0.15) is 0 Å². The molecule has 2 atom stereocenters. The summed E-state index contributed by atoms with van der Waals surface area (Å²) in [4.78, 5) is 23.9. The normalized spacial score (nSPS) is 21.1. The van der Waals surface area contributed by atoms with Gasteiger partial charge in [0, 0.05) is 6.61 Å². The highest BCUT2D eigenvalue weighted by Gasteiger charge is 2.42. The topological polar surface area (TPSA) is 75.6 Å². The molecule has 1 aliphatic rings. The van der Waals surface area contributed by atoms with Gasteiger partial charge in [-0.05, 0) is 24.8 Å². The van der Waals surface area contributed by atoms with Crippen LogP contribution in [0.3, 0.4) is 0 Å². The molecule has 108 valence electrons. The number of carbonyl (C=O) groups excluding carboxylic acids is 1. The Morgan fingerprint density at radius 1 is 1.40 bits per heavy atom. The van der Waals surface area contributed by atoms with Crippen molar-refractivity contribution in [2.24, 2.45) is 0 Å². The SMILES string of the molecule is CCC(NC(=O)C1CCCO1)(C(=O)O)c1ccccc1. The zero-order valence-corrected chi connectivity index (χ0v) is 11.5. The maximum atomic E-state index is 12.2. The molecule has 1 aromatic rings. The Bertz CT molecular complexity index is 482. The van der Waals surface area contributed by atoms with Gasteiger partial charge in [-0.1, -0.05) is 37.3 Å². The minimum absolute atomic E-state index is 0.269. The standard InChI is InChI=1S/C15H19NO4/c1-2-15(14(18)19,11-7-4-3-5-8-11)16-13(17)12-9-6-10-20-12/h3-5,7-8,12H,2,6,9-10H2,1H3,(H,16,17)(H,18,19). The largest absolute Gasteiger partial charge is 0.479 e. The van der Waals surface area contributed by atoms with Crippen LogP contribution in [-0.2, 0) is 19.9 Å². The van der Waals surface area contributed by atoms with Gasteiger partial charge >= 0.3 is 5.97 Å². The number of carboxylic acid groups (broad SMARTS) is 1. The van der Waals surface area contributed by atoms with Crippen molar-refractivity contribution in [3.8, 4) is 0 Å². The molecule has 1 saturated heterocycles. The summed E-state index contributed by atoms with van der Waals surface area (Å²) < 4.78 is 5.32. The maximum absolute atomic E-state index is 12.2. The average Bonchev–Trinajstić information content (AvgIpc) is 2.99. The molecule has 1 aliphatic heterocycles. The summed E-state index contributed by atoms with van der Waals surface area (Å²) >= 11 is 0. The van der Waals surface area contributed by atoms with E-state index in [1.165, 1.54) is 0 Å². The van der Waals surface area contributed by atoms with Crippen LogP contribution in [0.25, 0.3) is 0 Å². The second kappa shape index (κ2) is 6.05. The summed E-state index contributed by atoms with van der Waals surface area (Å²) in [6.07, 6.45) is 1.20. The molecule has 0 spiro atoms. The predicted molar refractivity (Wildman–Crippen MR) is 73.2 cm³/mol. The van der Waals surface area contributed by atoms with Crippen molar-refractivity contribution in [2.45, 2.75) is 37.8 Å². The van der Waals surface area contributed by atoms with Gasteiger partial charge in [0.25, 0.3) is 0 Å². The Morgan fingerprint density at radius 3 is 2.60 bits per heavy atom. The quantitative estimate of drug-likeness (QED) is 0.858. The van der Waals surface area contributed by atoms with Crippen LogP contribution in [0, 0.1) is 0 Å². The van der Waals surface area contributed by atoms with Crippen LogP contribution in [0.5, 0.6) is 0 Å². The van der Waals surface area contributed by atoms with E-state index in [-0.39, 0.29) is 12.3 Å². The van der Waals surface area contributed by atoms with Crippen molar-refractivity contribution >= 4 is 11.9 Å². The first-order valence-corrected chi connectivity index (χ1v) is 6.82. The first-order valence-electron chi connectivity index (χ1n) is 6.82. The van der Waals surface area contributed by atoms with Crippen LogP contribution in [0.1, 0.15) is 31.7 Å². The highest BCUT2D eigenvalue weighted by molar-refractivity contribution is 5.90. The molecule has 2 rings (SSSR count). The van der Waals surface area contributed by atoms with Crippen molar-refractivity contribution in [1.29, 1.82) is 0 Å². The lowest BCUT2D eigenvalue weighted by atomic mass is 9.87. The molecule has 2 unspecified atom stereocenters. The van der Waals surface area contributed by atoms with E-state index in [0.717, 1.165) is 6.42 Å². The summed E-state index contributed by atoms with van der Waals surface area (Å²) in [6.45, 7) is 2.30. The third-order valence-electron chi connectivity index (χ3n) is 3.72. The molecule has 0 saturated carbocycles. The minimum atomic E-state index is -1.40. The van der Waals surface area contributed by atoms with Gasteiger partial charge in [0.2, 0.25) is 5.91 Å². The van der Waals surface area contributed by atoms with Gasteiger partial charge in [-0.25, -0.2) is 4.79 Å². The van der Waals surface area contributed by atoms with E-state index < -0.39 is 17.6 Å². The number of hydrogen-bond donors (Lipinski definition) is 2. The number of benzene rings is 1. The van der Waals surface area contributed by atoms with Crippen LogP contribution >= 0.6 is 0 Å². The molecular weight excluding hydrogens is 258 g/mol. The molecule has 1 fully saturated rings. The zero-order chi connectivity index (χ0) is 14.6. The highest BCUT2D eigenvalue weighted by Crippen LogP contribution is 2.26. The third-order valence-corrected chi connectivity index (χ3v) is 3.72. The predicted octanol–water partition coefficient (Wildman–Crippen LogP) is 1.67. The molecule has 5 nitrogen and oxygen atoms in total. The van der Waals surface area contributed by atoms with Crippen LogP contribution < -0.4 is 5.32 Å². The van der Waals surface area contributed by atoms with Gasteiger partial charge < -0.3 is 15.2 Å². The highest BCUT2D eigenvalue weighted by atomic mass is 16.5. The second-order valence-corrected chi connectivity index (χ2v) is 4.92. The lowest BCUT2D eigenvalue weighted by Crippen LogP contribution is -2.54. The summed E-state index contributed by atoms with van der Waals surface area (Å²) in [6, 6.07) is 8.77. The number of nitrogens with one attached hydrogen (secondary N) is 1. The zero-order valence-electron chi connectivity index (χ0n) is 11.5. The molecule has 5 heteroatoms. The van der Waals surface area contributed by atoms with Gasteiger partial charge in [0.1, 0.15) is 6.10 Å². The molecule has 0 radical (unpaired) electrons. The Labute approximate surface area is 117 Å². The molecule has 2 N–H and O–H groups in total. The summed E-state index contributed by atoms with van der Waals surface area (Å²) in [5.74, 6) is -1.41. The molecule has 0 aromatic heterocycles. The molecule has 1 heterocycles. The van der Waals surface area contributed by atoms with E-state index in [9.17, 15) is 14.7 Å². The van der Waals surface area contributed by atoms with Crippen LogP contribution in [0.4, 0.5) is 0 Å². The van der Waals surface area contributed by atoms with Crippen LogP contribution in [0.15, 0.2) is 30.3 Å². The van der Waals surface area contributed by atoms with Gasteiger partial charge in [-0.3, -0.25) is 4.79 Å². The number of rotatable bonds is 5. The van der Waals surface area contributed by atoms with E-state index in [2.05, 4.69) is 5.32 Å². The lowest BCUT2D eigenvalue weighted by Gasteiger charge is -2.31. The number of ether oxygens (including phenoxy) is 1. The Balaban J connectivity index is 2.27. The first kappa shape index (κ1) is 14.5. The fourth-order valence-electron chi connectivity index (χ4n) is 2.49. The van der Waals surface area contributed by atoms with Crippen molar-refractivity contribution in [1.82, 2.24) is 5.32 Å². The van der Waals surface area contributed by atoms with Crippen LogP contribution in [-0.4, -0.2) is 29.7 Å². The van der Waals surface area contributed by atoms with E-state index in [1.807, 2.05) is 6.07 Å². The van der Waals surface area contributed by atoms with Gasteiger partial charge in [0.05, 0.1) is 0 Å². The van der Waals surface area contributed by atoms with Crippen molar-refractivity contribution in [3.05, 3.63) is 35.9 Å². The first-order chi connectivity index (χ1) is 9.60. The maximum Gasteiger partial charge on any atom is 0.334 e. The summed E-state index contributed by atoms with van der Waals surface area (Å²) in [5, 5.41) is 12.3. The van der Waals surface area contributed by atoms with E-state index in [1.54, 1.807) is 31.2 Å². The number of hydrogen-bond acceptors (Lipinski definition) is 3. The lowest BCUT2D eigenvalue weighted by molar-refractivity contribution is -0.150. The Kier molecular flexibility index (Phi) is 4.39. The molecule has 1 amide bonds. The monoisotopic (exact) mass is 277 g/mol. The molecule has 0 aliphatic carbocycles. The Morgan fingerprint density at radius 2 is 2.10 bits per heavy atom. The Hall–Kier alpha value is -1.88. The smallest absolute Gasteiger partial charge is 0.334 e. The third kappa shape index (κ3) is 2.67. The minimum Gasteiger partial charge on any atom is -0.479 e. The average molecular weight is 277 g/mol. The molecule has 20 heavy (non-hydrogen) atoms.